The van der Waals surface area contributed by atoms with E-state index in [9.17, 15) is 0 Å². The van der Waals surface area contributed by atoms with Crippen LogP contribution in [0, 0.1) is 6.92 Å². The summed E-state index contributed by atoms with van der Waals surface area (Å²) in [5, 5.41) is 2.38. The molecule has 186 valence electrons. The largest absolute Gasteiger partial charge is 0.264 e. The lowest BCUT2D eigenvalue weighted by atomic mass is 9.76. The average molecular weight is 485 g/mol. The molecule has 0 aliphatic heterocycles. The quantitative estimate of drug-likeness (QED) is 0.255. The van der Waals surface area contributed by atoms with Gasteiger partial charge in [0.05, 0.1) is 5.69 Å². The van der Waals surface area contributed by atoms with E-state index in [1.54, 1.807) is 0 Å². The Labute approximate surface area is 221 Å². The minimum absolute atomic E-state index is 0.0128. The van der Waals surface area contributed by atoms with Crippen molar-refractivity contribution in [3.05, 3.63) is 108 Å². The molecule has 5 aromatic rings. The minimum atomic E-state index is 0.0128. The van der Waals surface area contributed by atoms with Crippen molar-refractivity contribution in [2.24, 2.45) is 0 Å². The number of pyridine rings is 2. The van der Waals surface area contributed by atoms with Gasteiger partial charge in [-0.05, 0) is 86.3 Å². The van der Waals surface area contributed by atoms with Crippen LogP contribution >= 0.6 is 0 Å². The van der Waals surface area contributed by atoms with Gasteiger partial charge in [0.2, 0.25) is 0 Å². The number of fused-ring (bicyclic) bond motifs is 1. The third kappa shape index (κ3) is 4.93. The first-order valence-corrected chi connectivity index (χ1v) is 13.1. The molecule has 0 atom stereocenters. The summed E-state index contributed by atoms with van der Waals surface area (Å²) in [6, 6.07) is 26.6. The number of hydrogen-bond acceptors (Lipinski definition) is 2. The molecule has 0 saturated carbocycles. The number of aromatic nitrogens is 2. The summed E-state index contributed by atoms with van der Waals surface area (Å²) in [6.07, 6.45) is 5.80. The highest BCUT2D eigenvalue weighted by Gasteiger charge is 2.24. The Balaban J connectivity index is 1.69. The van der Waals surface area contributed by atoms with Crippen molar-refractivity contribution in [2.75, 3.05) is 0 Å². The van der Waals surface area contributed by atoms with Gasteiger partial charge in [-0.2, -0.15) is 0 Å². The molecule has 0 unspecified atom stereocenters. The normalized spacial score (nSPS) is 12.2. The zero-order chi connectivity index (χ0) is 26.4. The molecule has 0 aliphatic carbocycles. The molecule has 2 heterocycles. The molecular weight excluding hydrogens is 448 g/mol. The van der Waals surface area contributed by atoms with E-state index in [0.717, 1.165) is 11.3 Å². The topological polar surface area (TPSA) is 25.8 Å². The van der Waals surface area contributed by atoms with Crippen molar-refractivity contribution < 1.29 is 0 Å². The van der Waals surface area contributed by atoms with Gasteiger partial charge in [0.25, 0.3) is 0 Å². The number of hydrogen-bond donors (Lipinski definition) is 0. The molecule has 2 aromatic heterocycles. The van der Waals surface area contributed by atoms with E-state index in [1.807, 2.05) is 24.7 Å². The third-order valence-electron chi connectivity index (χ3n) is 7.19. The van der Waals surface area contributed by atoms with Crippen LogP contribution in [-0.4, -0.2) is 9.97 Å². The van der Waals surface area contributed by atoms with Gasteiger partial charge in [0, 0.05) is 29.5 Å². The van der Waals surface area contributed by atoms with Gasteiger partial charge in [-0.3, -0.25) is 9.97 Å². The first-order chi connectivity index (χ1) is 17.5. The molecule has 37 heavy (non-hydrogen) atoms. The number of aryl methyl sites for hydroxylation is 1. The van der Waals surface area contributed by atoms with Crippen LogP contribution < -0.4 is 0 Å². The Morgan fingerprint density at radius 1 is 0.595 bits per heavy atom. The molecule has 0 saturated heterocycles. The van der Waals surface area contributed by atoms with E-state index in [1.165, 1.54) is 49.7 Å². The van der Waals surface area contributed by atoms with Crippen LogP contribution in [0.1, 0.15) is 58.2 Å². The lowest BCUT2D eigenvalue weighted by molar-refractivity contribution is 0.570. The summed E-state index contributed by atoms with van der Waals surface area (Å²) in [6.45, 7) is 15.9. The summed E-state index contributed by atoms with van der Waals surface area (Å²) in [7, 11) is 0. The van der Waals surface area contributed by atoms with Crippen LogP contribution in [0.15, 0.2) is 91.4 Å². The van der Waals surface area contributed by atoms with Gasteiger partial charge >= 0.3 is 0 Å². The van der Waals surface area contributed by atoms with Crippen molar-refractivity contribution in [1.29, 1.82) is 0 Å². The van der Waals surface area contributed by atoms with Crippen molar-refractivity contribution in [1.82, 2.24) is 9.97 Å². The second-order valence-corrected chi connectivity index (χ2v) is 12.1. The average Bonchev–Trinajstić information content (AvgIpc) is 2.87. The predicted molar refractivity (Wildman–Crippen MR) is 158 cm³/mol. The maximum Gasteiger partial charge on any atom is 0.0704 e. The van der Waals surface area contributed by atoms with Crippen molar-refractivity contribution in [3.63, 3.8) is 0 Å². The van der Waals surface area contributed by atoms with E-state index >= 15 is 0 Å². The molecule has 0 N–H and O–H groups in total. The van der Waals surface area contributed by atoms with Crippen LogP contribution in [0.25, 0.3) is 44.3 Å². The molecule has 5 rings (SSSR count). The Bertz CT molecular complexity index is 1600. The zero-order valence-electron chi connectivity index (χ0n) is 23.1. The molecule has 2 nitrogen and oxygen atoms in total. The standard InChI is InChI=1S/C35H36N2/c1-23-15-18-37-33(19-23)25-10-8-9-24(20-25)27-13-14-28(31-22-36-17-16-29(27)31)30-12-11-26(34(2,3)4)21-32(30)35(5,6)7/h8-22H,1-7H3. The molecule has 0 amide bonds. The van der Waals surface area contributed by atoms with E-state index in [4.69, 9.17) is 0 Å². The summed E-state index contributed by atoms with van der Waals surface area (Å²) in [5.41, 5.74) is 11.1. The first-order valence-electron chi connectivity index (χ1n) is 13.1. The highest BCUT2D eigenvalue weighted by molar-refractivity contribution is 6.05. The third-order valence-corrected chi connectivity index (χ3v) is 7.19. The summed E-state index contributed by atoms with van der Waals surface area (Å²) in [5.74, 6) is 0. The second kappa shape index (κ2) is 9.27. The molecule has 0 radical (unpaired) electrons. The molecule has 0 aliphatic rings. The minimum Gasteiger partial charge on any atom is -0.264 e. The Kier molecular flexibility index (Phi) is 6.23. The van der Waals surface area contributed by atoms with E-state index in [2.05, 4.69) is 125 Å². The summed E-state index contributed by atoms with van der Waals surface area (Å²) < 4.78 is 0. The molecule has 0 bridgehead atoms. The van der Waals surface area contributed by atoms with E-state index in [-0.39, 0.29) is 10.8 Å². The lowest BCUT2D eigenvalue weighted by Gasteiger charge is -2.28. The van der Waals surface area contributed by atoms with Gasteiger partial charge in [-0.15, -0.1) is 0 Å². The van der Waals surface area contributed by atoms with Crippen molar-refractivity contribution >= 4 is 10.8 Å². The van der Waals surface area contributed by atoms with Crippen LogP contribution in [0.4, 0.5) is 0 Å². The fraction of sp³-hybridized carbons (Fsp3) is 0.257. The molecule has 3 aromatic carbocycles. The molecule has 2 heteroatoms. The second-order valence-electron chi connectivity index (χ2n) is 12.1. The first kappa shape index (κ1) is 24.9. The van der Waals surface area contributed by atoms with E-state index < -0.39 is 0 Å². The maximum atomic E-state index is 4.61. The van der Waals surface area contributed by atoms with Gasteiger partial charge in [-0.25, -0.2) is 0 Å². The van der Waals surface area contributed by atoms with Gasteiger partial charge < -0.3 is 0 Å². The highest BCUT2D eigenvalue weighted by atomic mass is 14.7. The van der Waals surface area contributed by atoms with Crippen LogP contribution in [0.3, 0.4) is 0 Å². The predicted octanol–water partition coefficient (Wildman–Crippen LogP) is 9.53. The van der Waals surface area contributed by atoms with Crippen molar-refractivity contribution in [3.8, 4) is 33.5 Å². The molecule has 0 fully saturated rings. The smallest absolute Gasteiger partial charge is 0.0704 e. The van der Waals surface area contributed by atoms with Crippen LogP contribution in [0.2, 0.25) is 0 Å². The Morgan fingerprint density at radius 3 is 2.05 bits per heavy atom. The Hall–Kier alpha value is -3.78. The molecule has 0 spiro atoms. The van der Waals surface area contributed by atoms with Crippen LogP contribution in [0.5, 0.6) is 0 Å². The number of benzene rings is 3. The highest BCUT2D eigenvalue weighted by Crippen LogP contribution is 2.41. The SMILES string of the molecule is Cc1ccnc(-c2cccc(-c3ccc(-c4ccc(C(C)(C)C)cc4C(C)(C)C)c4cnccc34)c2)c1. The molecular formula is C35H36N2. The summed E-state index contributed by atoms with van der Waals surface area (Å²) in [4.78, 5) is 9.15. The van der Waals surface area contributed by atoms with Crippen molar-refractivity contribution in [2.45, 2.75) is 59.3 Å². The maximum absolute atomic E-state index is 4.61. The summed E-state index contributed by atoms with van der Waals surface area (Å²) >= 11 is 0. The Morgan fingerprint density at radius 2 is 1.32 bits per heavy atom. The fourth-order valence-corrected chi connectivity index (χ4v) is 5.08. The van der Waals surface area contributed by atoms with Gasteiger partial charge in [-0.1, -0.05) is 90.1 Å². The number of rotatable bonds is 3. The lowest BCUT2D eigenvalue weighted by Crippen LogP contribution is -2.17. The fourth-order valence-electron chi connectivity index (χ4n) is 5.08. The number of nitrogens with zero attached hydrogens (tertiary/aromatic N) is 2. The zero-order valence-corrected chi connectivity index (χ0v) is 23.1. The van der Waals surface area contributed by atoms with E-state index in [0.29, 0.717) is 0 Å². The van der Waals surface area contributed by atoms with Gasteiger partial charge in [0.1, 0.15) is 0 Å². The van der Waals surface area contributed by atoms with Gasteiger partial charge in [0.15, 0.2) is 0 Å². The monoisotopic (exact) mass is 484 g/mol. The van der Waals surface area contributed by atoms with Crippen LogP contribution in [-0.2, 0) is 10.8 Å².